The zero-order chi connectivity index (χ0) is 20.4. The van der Waals surface area contributed by atoms with E-state index < -0.39 is 17.8 Å². The molecule has 0 aliphatic rings. The zero-order valence-electron chi connectivity index (χ0n) is 15.6. The van der Waals surface area contributed by atoms with Crippen LogP contribution in [0.2, 0.25) is 0 Å². The maximum Gasteiger partial charge on any atom is 0.421 e. The van der Waals surface area contributed by atoms with Crippen molar-refractivity contribution < 1.29 is 22.7 Å². The molecule has 0 aromatic heterocycles. The van der Waals surface area contributed by atoms with Gasteiger partial charge in [0.2, 0.25) is 0 Å². The number of carbonyl (C=O) groups excluding carboxylic acids is 1. The number of hydrogen-bond donors (Lipinski definition) is 3. The third-order valence-corrected chi connectivity index (χ3v) is 4.10. The molecule has 2 aromatic carbocycles. The fourth-order valence-corrected chi connectivity index (χ4v) is 2.51. The van der Waals surface area contributed by atoms with Crippen molar-refractivity contribution in [2.24, 2.45) is 0 Å². The molecule has 2 rings (SSSR count). The van der Waals surface area contributed by atoms with Gasteiger partial charge in [-0.1, -0.05) is 37.3 Å². The number of benzene rings is 2. The lowest BCUT2D eigenvalue weighted by Crippen LogP contribution is -2.39. The van der Waals surface area contributed by atoms with Gasteiger partial charge in [-0.05, 0) is 42.7 Å². The number of halogens is 3. The van der Waals surface area contributed by atoms with E-state index in [1.54, 1.807) is 0 Å². The number of ether oxygens (including phenoxy) is 1. The van der Waals surface area contributed by atoms with Crippen LogP contribution < -0.4 is 16.2 Å². The van der Waals surface area contributed by atoms with Crippen LogP contribution in [0, 0.1) is 0 Å². The Hall–Kier alpha value is -2.74. The van der Waals surface area contributed by atoms with Gasteiger partial charge in [0.05, 0.1) is 5.56 Å². The average Bonchev–Trinajstić information content (AvgIpc) is 2.69. The Balaban J connectivity index is 1.67. The fraction of sp³-hybridized carbons (Fsp3) is 0.350. The monoisotopic (exact) mass is 395 g/mol. The highest BCUT2D eigenvalue weighted by molar-refractivity contribution is 5.66. The third-order valence-electron chi connectivity index (χ3n) is 4.10. The summed E-state index contributed by atoms with van der Waals surface area (Å²) in [6.07, 6.45) is -3.47. The summed E-state index contributed by atoms with van der Waals surface area (Å²) in [5.41, 5.74) is 6.08. The van der Waals surface area contributed by atoms with Crippen molar-refractivity contribution in [3.05, 3.63) is 65.7 Å². The van der Waals surface area contributed by atoms with E-state index in [1.807, 2.05) is 37.3 Å². The average molecular weight is 395 g/mol. The number of carbonyl (C=O) groups is 1. The van der Waals surface area contributed by atoms with Crippen LogP contribution in [0.5, 0.6) is 0 Å². The minimum absolute atomic E-state index is 0.0476. The topological polar surface area (TPSA) is 62.4 Å². The van der Waals surface area contributed by atoms with Crippen LogP contribution in [0.1, 0.15) is 30.9 Å². The SMILES string of the molecule is CC[C@H](CCNNC(=O)OCc1ccccc1)Nc1ccc(C(F)(F)F)cc1. The van der Waals surface area contributed by atoms with Gasteiger partial charge in [-0.3, -0.25) is 5.43 Å². The molecule has 2 aromatic rings. The largest absolute Gasteiger partial charge is 0.444 e. The maximum absolute atomic E-state index is 12.6. The molecule has 0 saturated carbocycles. The van der Waals surface area contributed by atoms with Gasteiger partial charge in [-0.15, -0.1) is 0 Å². The van der Waals surface area contributed by atoms with Crippen LogP contribution in [0.15, 0.2) is 54.6 Å². The van der Waals surface area contributed by atoms with E-state index in [-0.39, 0.29) is 12.6 Å². The van der Waals surface area contributed by atoms with E-state index in [4.69, 9.17) is 4.74 Å². The molecule has 0 bridgehead atoms. The van der Waals surface area contributed by atoms with Gasteiger partial charge in [0, 0.05) is 18.3 Å². The molecule has 3 N–H and O–H groups in total. The van der Waals surface area contributed by atoms with Gasteiger partial charge in [0.15, 0.2) is 0 Å². The van der Waals surface area contributed by atoms with Crippen LogP contribution in [0.25, 0.3) is 0 Å². The van der Waals surface area contributed by atoms with Crippen molar-refractivity contribution in [3.8, 4) is 0 Å². The highest BCUT2D eigenvalue weighted by atomic mass is 19.4. The van der Waals surface area contributed by atoms with Crippen molar-refractivity contribution >= 4 is 11.8 Å². The normalized spacial score (nSPS) is 12.3. The standard InChI is InChI=1S/C20H24F3N3O2/c1-2-17(25-18-10-8-16(9-11-18)20(21,22)23)12-13-24-26-19(27)28-14-15-6-4-3-5-7-15/h3-11,17,24-25H,2,12-14H2,1H3,(H,26,27)/t17-/m1/s1. The van der Waals surface area contributed by atoms with Crippen LogP contribution in [-0.2, 0) is 17.5 Å². The molecule has 0 heterocycles. The molecular weight excluding hydrogens is 371 g/mol. The first kappa shape index (κ1) is 21.6. The van der Waals surface area contributed by atoms with Crippen LogP contribution in [-0.4, -0.2) is 18.7 Å². The first-order valence-corrected chi connectivity index (χ1v) is 9.02. The second-order valence-electron chi connectivity index (χ2n) is 6.23. The molecule has 1 amide bonds. The Bertz CT molecular complexity index is 722. The van der Waals surface area contributed by atoms with Crippen molar-refractivity contribution in [1.82, 2.24) is 10.9 Å². The predicted octanol–water partition coefficient (Wildman–Crippen LogP) is 4.72. The Morgan fingerprint density at radius 2 is 1.75 bits per heavy atom. The summed E-state index contributed by atoms with van der Waals surface area (Å²) in [6.45, 7) is 2.64. The molecule has 0 radical (unpaired) electrons. The molecule has 28 heavy (non-hydrogen) atoms. The molecule has 8 heteroatoms. The molecule has 0 aliphatic heterocycles. The summed E-state index contributed by atoms with van der Waals surface area (Å²) >= 11 is 0. The summed E-state index contributed by atoms with van der Waals surface area (Å²) in [5, 5.41) is 3.19. The number of amides is 1. The summed E-state index contributed by atoms with van der Waals surface area (Å²) in [4.78, 5) is 11.6. The Labute approximate surface area is 162 Å². The molecule has 1 atom stereocenters. The van der Waals surface area contributed by atoms with E-state index in [0.29, 0.717) is 18.7 Å². The van der Waals surface area contributed by atoms with Crippen molar-refractivity contribution in [2.75, 3.05) is 11.9 Å². The van der Waals surface area contributed by atoms with E-state index in [1.165, 1.54) is 12.1 Å². The van der Waals surface area contributed by atoms with Gasteiger partial charge >= 0.3 is 12.3 Å². The number of hydrazine groups is 1. The van der Waals surface area contributed by atoms with Gasteiger partial charge < -0.3 is 10.1 Å². The van der Waals surface area contributed by atoms with E-state index >= 15 is 0 Å². The lowest BCUT2D eigenvalue weighted by Gasteiger charge is -2.19. The van der Waals surface area contributed by atoms with Gasteiger partial charge in [-0.25, -0.2) is 10.2 Å². The van der Waals surface area contributed by atoms with Crippen molar-refractivity contribution in [1.29, 1.82) is 0 Å². The minimum Gasteiger partial charge on any atom is -0.444 e. The molecule has 0 fully saturated rings. The smallest absolute Gasteiger partial charge is 0.421 e. The highest BCUT2D eigenvalue weighted by Gasteiger charge is 2.29. The van der Waals surface area contributed by atoms with E-state index in [2.05, 4.69) is 16.2 Å². The molecular formula is C20H24F3N3O2. The molecule has 0 aliphatic carbocycles. The van der Waals surface area contributed by atoms with Gasteiger partial charge in [-0.2, -0.15) is 13.2 Å². The molecule has 0 saturated heterocycles. The van der Waals surface area contributed by atoms with Crippen molar-refractivity contribution in [3.63, 3.8) is 0 Å². The molecule has 152 valence electrons. The summed E-state index contributed by atoms with van der Waals surface area (Å²) < 4.78 is 42.9. The fourth-order valence-electron chi connectivity index (χ4n) is 2.51. The van der Waals surface area contributed by atoms with Crippen molar-refractivity contribution in [2.45, 2.75) is 38.6 Å². The summed E-state index contributed by atoms with van der Waals surface area (Å²) in [6, 6.07) is 14.3. The Kier molecular flexibility index (Phi) is 8.13. The van der Waals surface area contributed by atoms with E-state index in [9.17, 15) is 18.0 Å². The second-order valence-corrected chi connectivity index (χ2v) is 6.23. The van der Waals surface area contributed by atoms with Gasteiger partial charge in [0.1, 0.15) is 6.61 Å². The van der Waals surface area contributed by atoms with E-state index in [0.717, 1.165) is 24.1 Å². The quantitative estimate of drug-likeness (QED) is 0.425. The lowest BCUT2D eigenvalue weighted by atomic mass is 10.1. The molecule has 5 nitrogen and oxygen atoms in total. The molecule has 0 spiro atoms. The minimum atomic E-state index is -4.34. The van der Waals surface area contributed by atoms with Gasteiger partial charge in [0.25, 0.3) is 0 Å². The molecule has 0 unspecified atom stereocenters. The zero-order valence-corrected chi connectivity index (χ0v) is 15.6. The summed E-state index contributed by atoms with van der Waals surface area (Å²) in [7, 11) is 0. The summed E-state index contributed by atoms with van der Waals surface area (Å²) in [5.74, 6) is 0. The second kappa shape index (κ2) is 10.6. The number of nitrogens with one attached hydrogen (secondary N) is 3. The lowest BCUT2D eigenvalue weighted by molar-refractivity contribution is -0.137. The highest BCUT2D eigenvalue weighted by Crippen LogP contribution is 2.30. The van der Waals surface area contributed by atoms with Crippen LogP contribution in [0.4, 0.5) is 23.7 Å². The van der Waals surface area contributed by atoms with Crippen LogP contribution >= 0.6 is 0 Å². The third kappa shape index (κ3) is 7.48. The maximum atomic E-state index is 12.6. The number of hydrogen-bond acceptors (Lipinski definition) is 4. The number of rotatable bonds is 9. The van der Waals surface area contributed by atoms with Crippen LogP contribution in [0.3, 0.4) is 0 Å². The number of anilines is 1. The Morgan fingerprint density at radius 1 is 1.07 bits per heavy atom. The predicted molar refractivity (Wildman–Crippen MR) is 102 cm³/mol. The Morgan fingerprint density at radius 3 is 2.36 bits per heavy atom. The first-order chi connectivity index (χ1) is 13.4. The number of alkyl halides is 3. The first-order valence-electron chi connectivity index (χ1n) is 9.02.